The molecule has 0 aromatic carbocycles. The smallest absolute Gasteiger partial charge is 0.350 e. The van der Waals surface area contributed by atoms with Gasteiger partial charge in [0.15, 0.2) is 65.2 Å². The molecule has 0 radical (unpaired) electrons. The van der Waals surface area contributed by atoms with Gasteiger partial charge in [0.25, 0.3) is 29.5 Å². The molecule has 380 valence electrons. The molecule has 4 aromatic heterocycles. The molecule has 29 heteroatoms. The Morgan fingerprint density at radius 2 is 1.21 bits per heavy atom. The van der Waals surface area contributed by atoms with E-state index < -0.39 is 92.9 Å². The summed E-state index contributed by atoms with van der Waals surface area (Å²) in [6.07, 6.45) is 6.98. The summed E-state index contributed by atoms with van der Waals surface area (Å²) in [5, 5.41) is 50.1. The lowest BCUT2D eigenvalue weighted by atomic mass is 10.0. The van der Waals surface area contributed by atoms with E-state index in [-0.39, 0.29) is 57.6 Å². The maximum Gasteiger partial charge on any atom is 0.350 e. The molecule has 0 spiro atoms. The molecule has 2 fully saturated rings. The Balaban J connectivity index is 1.03. The fourth-order valence-electron chi connectivity index (χ4n) is 7.35. The number of nitrogen functional groups attached to an aromatic ring is 1. The quantitative estimate of drug-likeness (QED) is 0.0285. The number of nitrogens with two attached hydrogens (primary N) is 1. The zero-order valence-electron chi connectivity index (χ0n) is 38.7. The van der Waals surface area contributed by atoms with Crippen LogP contribution in [0.4, 0.5) is 10.3 Å². The van der Waals surface area contributed by atoms with Gasteiger partial charge in [-0.05, 0) is 27.7 Å². The number of nitrogens with one attached hydrogen (secondary N) is 3. The van der Waals surface area contributed by atoms with Crippen molar-refractivity contribution in [1.82, 2.24) is 30.4 Å². The number of hydrogen-bond donors (Lipinski definition) is 5. The first kappa shape index (κ1) is 51.6. The van der Waals surface area contributed by atoms with Crippen LogP contribution in [0.15, 0.2) is 105 Å². The van der Waals surface area contributed by atoms with Crippen LogP contribution >= 0.6 is 46.2 Å². The number of nitrogens with zero attached hydrogens (tertiary/aromatic N) is 8. The van der Waals surface area contributed by atoms with Crippen molar-refractivity contribution < 1.29 is 72.5 Å². The number of thioether (sulfide) groups is 2. The van der Waals surface area contributed by atoms with Crippen LogP contribution < -0.4 is 41.0 Å². The summed E-state index contributed by atoms with van der Waals surface area (Å²) < 4.78 is 3.52. The predicted molar refractivity (Wildman–Crippen MR) is 256 cm³/mol. The van der Waals surface area contributed by atoms with E-state index in [4.69, 9.17) is 15.4 Å². The number of thiazole rings is 2. The second kappa shape index (κ2) is 20.8. The highest BCUT2D eigenvalue weighted by atomic mass is 32.2. The molecule has 73 heavy (non-hydrogen) atoms. The van der Waals surface area contributed by atoms with Crippen molar-refractivity contribution in [2.45, 2.75) is 74.8 Å². The molecule has 4 aliphatic rings. The third kappa shape index (κ3) is 10.7. The van der Waals surface area contributed by atoms with Gasteiger partial charge >= 0.3 is 5.97 Å². The number of hydrogen-bond acceptors (Lipinski definition) is 21. The maximum absolute atomic E-state index is 14.5. The minimum atomic E-state index is -1.97. The molecular weight excluding hydrogens is 1030 g/mol. The van der Waals surface area contributed by atoms with Crippen molar-refractivity contribution in [3.05, 3.63) is 106 Å². The van der Waals surface area contributed by atoms with Crippen molar-refractivity contribution in [3.8, 4) is 0 Å². The molecule has 4 aromatic rings. The first-order valence-electron chi connectivity index (χ1n) is 21.7. The van der Waals surface area contributed by atoms with Crippen molar-refractivity contribution in [3.63, 3.8) is 0 Å². The summed E-state index contributed by atoms with van der Waals surface area (Å²) in [5.41, 5.74) is 1.01. The van der Waals surface area contributed by atoms with Crippen LogP contribution in [-0.4, -0.2) is 129 Å². The Bertz CT molecular complexity index is 3070. The maximum atomic E-state index is 14.5. The number of carboxylic acids is 3. The Kier molecular flexibility index (Phi) is 14.7. The number of carboxylic acid groups (broad SMARTS) is 3. The standard InChI is InChI=1S/C44H42N12O13S4/c1-43(2,39(64)65)68-51-25(23-19-72-41(45)46-23)31(57)48-27-34(60)55-29(21(17-70-36(27)55)15-53-11-7-5-8-12-53)33(59)50-42-47-24(20-73-42)26(52-69-44(3,4)40(66)67)32(58)49-28-35(61)56-30(38(62)63)22(18-71-37(28)56)16-54-13-9-6-10-14-54/h5-14,19-20,27-28,36-37H,15-18H2,1-4H3,(H6-2,45,46,47,48,49,50,57,58,59,62,63,64,65,66,67)/b51-25-,52-26-/t27-,28-,36-,37-/m1/s1. The highest BCUT2D eigenvalue weighted by Crippen LogP contribution is 2.42. The van der Waals surface area contributed by atoms with Crippen LogP contribution in [0, 0.1) is 0 Å². The van der Waals surface area contributed by atoms with E-state index in [1.54, 1.807) is 70.3 Å². The van der Waals surface area contributed by atoms with Gasteiger partial charge in [-0.1, -0.05) is 22.4 Å². The largest absolute Gasteiger partial charge is 0.546 e. The highest BCUT2D eigenvalue weighted by Gasteiger charge is 2.56. The van der Waals surface area contributed by atoms with Gasteiger partial charge in [0, 0.05) is 57.7 Å². The van der Waals surface area contributed by atoms with Gasteiger partial charge in [-0.3, -0.25) is 39.1 Å². The highest BCUT2D eigenvalue weighted by molar-refractivity contribution is 8.00. The Hall–Kier alpha value is -7.76. The lowest BCUT2D eigenvalue weighted by Gasteiger charge is -2.50. The van der Waals surface area contributed by atoms with E-state index in [2.05, 4.69) is 36.2 Å². The molecular formula is C44H42N12O13S4. The molecule has 2 saturated heterocycles. The lowest BCUT2D eigenvalue weighted by Crippen LogP contribution is -2.71. The van der Waals surface area contributed by atoms with Crippen LogP contribution in [0.2, 0.25) is 0 Å². The molecule has 6 N–H and O–H groups in total. The molecule has 4 atom stereocenters. The zero-order chi connectivity index (χ0) is 52.5. The van der Waals surface area contributed by atoms with Crippen LogP contribution in [0.5, 0.6) is 0 Å². The summed E-state index contributed by atoms with van der Waals surface area (Å²) in [6.45, 7) is 4.96. The summed E-state index contributed by atoms with van der Waals surface area (Å²) in [5.74, 6) is -8.54. The molecule has 0 saturated carbocycles. The number of fused-ring (bicyclic) bond motifs is 2. The Morgan fingerprint density at radius 3 is 1.67 bits per heavy atom. The number of anilines is 2. The second-order valence-electron chi connectivity index (χ2n) is 17.2. The first-order chi connectivity index (χ1) is 34.6. The van der Waals surface area contributed by atoms with E-state index in [1.165, 1.54) is 53.0 Å². The van der Waals surface area contributed by atoms with Crippen molar-refractivity contribution in [2.75, 3.05) is 22.6 Å². The van der Waals surface area contributed by atoms with Crippen LogP contribution in [-0.2, 0) is 61.1 Å². The molecule has 4 aliphatic heterocycles. The third-order valence-corrected chi connectivity index (χ3v) is 15.4. The van der Waals surface area contributed by atoms with Crippen LogP contribution in [0.1, 0.15) is 39.1 Å². The normalized spacial score (nSPS) is 20.0. The van der Waals surface area contributed by atoms with Crippen molar-refractivity contribution in [2.24, 2.45) is 10.3 Å². The number of carbonyl (C=O) groups is 8. The molecule has 0 bridgehead atoms. The van der Waals surface area contributed by atoms with Gasteiger partial charge in [0.1, 0.15) is 39.9 Å². The average molecular weight is 1080 g/mol. The van der Waals surface area contributed by atoms with Crippen LogP contribution in [0.25, 0.3) is 0 Å². The summed E-state index contributed by atoms with van der Waals surface area (Å²) in [7, 11) is 0. The van der Waals surface area contributed by atoms with E-state index in [0.717, 1.165) is 41.4 Å². The number of aromatic nitrogens is 4. The van der Waals surface area contributed by atoms with Gasteiger partial charge in [-0.25, -0.2) is 23.9 Å². The van der Waals surface area contributed by atoms with E-state index in [9.17, 15) is 53.7 Å². The first-order valence-corrected chi connectivity index (χ1v) is 25.5. The van der Waals surface area contributed by atoms with Gasteiger partial charge in [-0.2, -0.15) is 0 Å². The molecule has 0 aliphatic carbocycles. The molecule has 0 unspecified atom stereocenters. The number of oxime groups is 2. The van der Waals surface area contributed by atoms with Gasteiger partial charge in [0.05, 0.1) is 17.6 Å². The number of amides is 5. The summed E-state index contributed by atoms with van der Waals surface area (Å²) in [4.78, 5) is 127. The van der Waals surface area contributed by atoms with Crippen molar-refractivity contribution in [1.29, 1.82) is 0 Å². The number of aliphatic carboxylic acids is 3. The minimum absolute atomic E-state index is 0.0594. The molecule has 5 amide bonds. The number of carbonyl (C=O) groups excluding carboxylic acids is 7. The van der Waals surface area contributed by atoms with Gasteiger partial charge in [0.2, 0.25) is 5.60 Å². The number of β-lactam (4-membered cyclic amide) rings is 2. The van der Waals surface area contributed by atoms with E-state index >= 15 is 0 Å². The molecule has 8 heterocycles. The lowest BCUT2D eigenvalue weighted by molar-refractivity contribution is -0.689. The predicted octanol–water partition coefficient (Wildman–Crippen LogP) is -2.31. The van der Waals surface area contributed by atoms with Gasteiger partial charge in [-0.15, -0.1) is 46.2 Å². The zero-order valence-corrected chi connectivity index (χ0v) is 42.0. The molecule has 8 rings (SSSR count). The Morgan fingerprint density at radius 1 is 0.740 bits per heavy atom. The van der Waals surface area contributed by atoms with Crippen molar-refractivity contribution >= 4 is 115 Å². The second-order valence-corrected chi connectivity index (χ2v) is 21.2. The Labute approximate surface area is 429 Å². The number of rotatable bonds is 19. The summed E-state index contributed by atoms with van der Waals surface area (Å²) in [6, 6.07) is 8.18. The number of pyridine rings is 2. The fraction of sp³-hybridized carbons (Fsp3) is 0.318. The SMILES string of the molecule is CC(C)(O/N=C(\C(=O)N[C@@H]1C(=O)N2C(C(=O)Nc3nc(/C(=N/OC(C)(C)C(=O)O)C(=O)N[C@@H]4C(=O)N5C(C(=O)[O-])=C(C[n+]6ccccc6)CS[C@H]45)cs3)=C(C[n+]3ccccc3)CS[C@H]12)c1csc(N)n1)C(=O)[O-]. The van der Waals surface area contributed by atoms with E-state index in [1.807, 2.05) is 0 Å². The summed E-state index contributed by atoms with van der Waals surface area (Å²) >= 11 is 4.25. The molecule has 25 nitrogen and oxygen atoms in total. The average Bonchev–Trinajstić information content (AvgIpc) is 4.01. The third-order valence-electron chi connectivity index (χ3n) is 11.3. The van der Waals surface area contributed by atoms with Gasteiger partial charge < -0.3 is 51.0 Å². The monoisotopic (exact) mass is 1070 g/mol. The fourth-order valence-corrected chi connectivity index (χ4v) is 11.3. The van der Waals surface area contributed by atoms with E-state index in [0.29, 0.717) is 11.1 Å². The topological polar surface area (TPSA) is 348 Å². The van der Waals surface area contributed by atoms with Crippen LogP contribution in [0.3, 0.4) is 0 Å². The minimum Gasteiger partial charge on any atom is -0.546 e.